The highest BCUT2D eigenvalue weighted by Crippen LogP contribution is 2.46. The summed E-state index contributed by atoms with van der Waals surface area (Å²) in [4.78, 5) is 14.4. The molecule has 16 heavy (non-hydrogen) atoms. The third kappa shape index (κ3) is 2.35. The van der Waals surface area contributed by atoms with Gasteiger partial charge in [-0.2, -0.15) is 0 Å². The zero-order valence-corrected chi connectivity index (χ0v) is 10.9. The zero-order chi connectivity index (χ0) is 10.9. The van der Waals surface area contributed by atoms with Gasteiger partial charge in [-0.25, -0.2) is 0 Å². The number of amides is 1. The summed E-state index contributed by atoms with van der Waals surface area (Å²) in [6.45, 7) is 3.83. The van der Waals surface area contributed by atoms with Gasteiger partial charge >= 0.3 is 0 Å². The van der Waals surface area contributed by atoms with Gasteiger partial charge in [-0.15, -0.1) is 12.4 Å². The SMILES string of the molecule is CCCC1(C(=O)N2CC[C@H](N)C2)CCC1.Cl. The number of nitrogens with zero attached hydrogens (tertiary/aromatic N) is 1. The number of likely N-dealkylation sites (tertiary alicyclic amines) is 1. The summed E-state index contributed by atoms with van der Waals surface area (Å²) in [5, 5.41) is 0. The summed E-state index contributed by atoms with van der Waals surface area (Å²) in [5.74, 6) is 0.392. The Balaban J connectivity index is 0.00000128. The molecule has 1 amide bonds. The number of halogens is 1. The molecular formula is C12H23ClN2O. The van der Waals surface area contributed by atoms with Crippen LogP contribution in [0.3, 0.4) is 0 Å². The first kappa shape index (κ1) is 13.8. The monoisotopic (exact) mass is 246 g/mol. The van der Waals surface area contributed by atoms with Crippen LogP contribution in [-0.2, 0) is 4.79 Å². The topological polar surface area (TPSA) is 46.3 Å². The normalized spacial score (nSPS) is 27.1. The Labute approximate surface area is 104 Å². The molecule has 2 N–H and O–H groups in total. The smallest absolute Gasteiger partial charge is 0.228 e. The fourth-order valence-electron chi connectivity index (χ4n) is 2.96. The van der Waals surface area contributed by atoms with E-state index < -0.39 is 0 Å². The van der Waals surface area contributed by atoms with Gasteiger partial charge in [0.1, 0.15) is 0 Å². The minimum Gasteiger partial charge on any atom is -0.341 e. The molecule has 1 heterocycles. The summed E-state index contributed by atoms with van der Waals surface area (Å²) in [6, 6.07) is 0.215. The van der Waals surface area contributed by atoms with Crippen LogP contribution in [0.25, 0.3) is 0 Å². The Morgan fingerprint density at radius 1 is 1.50 bits per heavy atom. The summed E-state index contributed by atoms with van der Waals surface area (Å²) in [7, 11) is 0. The molecule has 0 aromatic carbocycles. The van der Waals surface area contributed by atoms with Crippen LogP contribution in [0.2, 0.25) is 0 Å². The maximum Gasteiger partial charge on any atom is 0.228 e. The van der Waals surface area contributed by atoms with Crippen molar-refractivity contribution in [3.63, 3.8) is 0 Å². The number of carbonyl (C=O) groups excluding carboxylic acids is 1. The van der Waals surface area contributed by atoms with Crippen molar-refractivity contribution in [1.29, 1.82) is 0 Å². The van der Waals surface area contributed by atoms with E-state index in [0.717, 1.165) is 45.2 Å². The Kier molecular flexibility index (Phi) is 4.62. The molecule has 0 spiro atoms. The lowest BCUT2D eigenvalue weighted by atomic mass is 9.65. The van der Waals surface area contributed by atoms with E-state index in [1.807, 2.05) is 4.90 Å². The predicted molar refractivity (Wildman–Crippen MR) is 67.6 cm³/mol. The number of hydrogen-bond donors (Lipinski definition) is 1. The van der Waals surface area contributed by atoms with E-state index in [2.05, 4.69) is 6.92 Å². The number of nitrogens with two attached hydrogens (primary N) is 1. The van der Waals surface area contributed by atoms with Crippen LogP contribution < -0.4 is 5.73 Å². The van der Waals surface area contributed by atoms with Crippen LogP contribution >= 0.6 is 12.4 Å². The van der Waals surface area contributed by atoms with Crippen molar-refractivity contribution in [3.8, 4) is 0 Å². The molecule has 1 atom stereocenters. The van der Waals surface area contributed by atoms with Crippen LogP contribution in [0.5, 0.6) is 0 Å². The van der Waals surface area contributed by atoms with Crippen molar-refractivity contribution in [3.05, 3.63) is 0 Å². The van der Waals surface area contributed by atoms with Crippen molar-refractivity contribution in [2.45, 2.75) is 51.5 Å². The van der Waals surface area contributed by atoms with Crippen molar-refractivity contribution in [1.82, 2.24) is 4.90 Å². The highest BCUT2D eigenvalue weighted by atomic mass is 35.5. The quantitative estimate of drug-likeness (QED) is 0.827. The first-order valence-corrected chi connectivity index (χ1v) is 6.23. The van der Waals surface area contributed by atoms with Gasteiger partial charge in [0, 0.05) is 24.5 Å². The lowest BCUT2D eigenvalue weighted by Crippen LogP contribution is -2.47. The summed E-state index contributed by atoms with van der Waals surface area (Å²) in [5.41, 5.74) is 5.86. The number of rotatable bonds is 3. The van der Waals surface area contributed by atoms with Crippen LogP contribution in [0.1, 0.15) is 45.4 Å². The molecule has 2 rings (SSSR count). The Morgan fingerprint density at radius 3 is 2.56 bits per heavy atom. The van der Waals surface area contributed by atoms with Crippen molar-refractivity contribution < 1.29 is 4.79 Å². The van der Waals surface area contributed by atoms with Crippen molar-refractivity contribution in [2.75, 3.05) is 13.1 Å². The van der Waals surface area contributed by atoms with Crippen molar-refractivity contribution in [2.24, 2.45) is 11.1 Å². The van der Waals surface area contributed by atoms with Gasteiger partial charge in [0.25, 0.3) is 0 Å². The van der Waals surface area contributed by atoms with Gasteiger partial charge in [0.15, 0.2) is 0 Å². The first-order chi connectivity index (χ1) is 7.18. The fourth-order valence-corrected chi connectivity index (χ4v) is 2.96. The Hall–Kier alpha value is -0.280. The average molecular weight is 247 g/mol. The van der Waals surface area contributed by atoms with Gasteiger partial charge < -0.3 is 10.6 Å². The second-order valence-electron chi connectivity index (χ2n) is 5.18. The lowest BCUT2D eigenvalue weighted by molar-refractivity contribution is -0.147. The van der Waals surface area contributed by atoms with E-state index in [-0.39, 0.29) is 23.9 Å². The molecule has 0 bridgehead atoms. The van der Waals surface area contributed by atoms with Gasteiger partial charge in [-0.05, 0) is 25.7 Å². The highest BCUT2D eigenvalue weighted by molar-refractivity contribution is 5.85. The van der Waals surface area contributed by atoms with Gasteiger partial charge in [-0.1, -0.05) is 19.8 Å². The highest BCUT2D eigenvalue weighted by Gasteiger charge is 2.46. The number of hydrogen-bond acceptors (Lipinski definition) is 2. The molecule has 1 aliphatic carbocycles. The zero-order valence-electron chi connectivity index (χ0n) is 10.1. The van der Waals surface area contributed by atoms with E-state index in [9.17, 15) is 4.79 Å². The second kappa shape index (κ2) is 5.37. The summed E-state index contributed by atoms with van der Waals surface area (Å²) in [6.07, 6.45) is 6.60. The van der Waals surface area contributed by atoms with E-state index in [0.29, 0.717) is 5.91 Å². The average Bonchev–Trinajstić information content (AvgIpc) is 2.57. The summed E-state index contributed by atoms with van der Waals surface area (Å²) >= 11 is 0. The molecule has 0 aromatic heterocycles. The van der Waals surface area contributed by atoms with E-state index in [1.165, 1.54) is 6.42 Å². The van der Waals surface area contributed by atoms with E-state index >= 15 is 0 Å². The molecule has 1 saturated carbocycles. The van der Waals surface area contributed by atoms with Crippen LogP contribution in [0.15, 0.2) is 0 Å². The molecule has 94 valence electrons. The molecule has 0 radical (unpaired) electrons. The molecule has 1 saturated heterocycles. The second-order valence-corrected chi connectivity index (χ2v) is 5.18. The lowest BCUT2D eigenvalue weighted by Gasteiger charge is -2.42. The maximum atomic E-state index is 12.4. The van der Waals surface area contributed by atoms with E-state index in [1.54, 1.807) is 0 Å². The molecule has 0 unspecified atom stereocenters. The molecule has 2 aliphatic rings. The minimum absolute atomic E-state index is 0. The molecule has 2 fully saturated rings. The van der Waals surface area contributed by atoms with Crippen molar-refractivity contribution >= 4 is 18.3 Å². The predicted octanol–water partition coefficient (Wildman–Crippen LogP) is 1.94. The third-order valence-corrected chi connectivity index (χ3v) is 4.00. The third-order valence-electron chi connectivity index (χ3n) is 4.00. The molecule has 3 nitrogen and oxygen atoms in total. The molecule has 0 aromatic rings. The van der Waals surface area contributed by atoms with Gasteiger partial charge in [0.05, 0.1) is 0 Å². The Bertz CT molecular complexity index is 253. The first-order valence-electron chi connectivity index (χ1n) is 6.23. The largest absolute Gasteiger partial charge is 0.341 e. The van der Waals surface area contributed by atoms with Crippen LogP contribution in [0, 0.1) is 5.41 Å². The maximum absolute atomic E-state index is 12.4. The fraction of sp³-hybridized carbons (Fsp3) is 0.917. The Morgan fingerprint density at radius 2 is 2.19 bits per heavy atom. The van der Waals surface area contributed by atoms with E-state index in [4.69, 9.17) is 5.73 Å². The standard InChI is InChI=1S/C12H22N2O.ClH/c1-2-5-12(6-3-7-12)11(15)14-8-4-10(13)9-14;/h10H,2-9,13H2,1H3;1H/t10-;/m0./s1. The molecule has 4 heteroatoms. The van der Waals surface area contributed by atoms with Crippen LogP contribution in [0.4, 0.5) is 0 Å². The molecule has 1 aliphatic heterocycles. The molecular weight excluding hydrogens is 224 g/mol. The van der Waals surface area contributed by atoms with Gasteiger partial charge in [-0.3, -0.25) is 4.79 Å². The minimum atomic E-state index is 0. The number of carbonyl (C=O) groups is 1. The van der Waals surface area contributed by atoms with Gasteiger partial charge in [0.2, 0.25) is 5.91 Å². The van der Waals surface area contributed by atoms with Crippen LogP contribution in [-0.4, -0.2) is 29.9 Å². The summed E-state index contributed by atoms with van der Waals surface area (Å²) < 4.78 is 0.